The first-order valence-electron chi connectivity index (χ1n) is 13.0. The minimum atomic E-state index is -0.638. The zero-order valence-corrected chi connectivity index (χ0v) is 21.4. The maximum Gasteiger partial charge on any atom is 0.228 e. The van der Waals surface area contributed by atoms with Gasteiger partial charge in [-0.3, -0.25) is 9.78 Å². The number of fused-ring (bicyclic) bond motifs is 1. The number of nitrogens with zero attached hydrogens (tertiary/aromatic N) is 5. The second-order valence-electron chi connectivity index (χ2n) is 9.75. The molecule has 2 aliphatic heterocycles. The maximum absolute atomic E-state index is 12.6. The van der Waals surface area contributed by atoms with Gasteiger partial charge in [-0.05, 0) is 25.1 Å². The number of nitrogens with one attached hydrogen (secondary N) is 2. The van der Waals surface area contributed by atoms with Gasteiger partial charge in [-0.15, -0.1) is 0 Å². The van der Waals surface area contributed by atoms with Gasteiger partial charge in [-0.2, -0.15) is 0 Å². The number of anilines is 2. The maximum atomic E-state index is 12.6. The molecule has 196 valence electrons. The van der Waals surface area contributed by atoms with Gasteiger partial charge in [0.2, 0.25) is 5.91 Å². The fourth-order valence-electron chi connectivity index (χ4n) is 4.73. The van der Waals surface area contributed by atoms with Crippen molar-refractivity contribution in [1.82, 2.24) is 25.2 Å². The highest BCUT2D eigenvalue weighted by atomic mass is 16.5. The predicted octanol–water partition coefficient (Wildman–Crippen LogP) is 1.76. The SMILES string of the molecule is CC(O)[C@@H](C)C(=O)N1CCN(c2ccc(-c3cc4nccnc4c(NC[C@@H]4CNCCO4)n3)cc2)CC1. The third-order valence-corrected chi connectivity index (χ3v) is 7.19. The van der Waals surface area contributed by atoms with Crippen LogP contribution in [0.4, 0.5) is 11.5 Å². The highest BCUT2D eigenvalue weighted by Gasteiger charge is 2.27. The number of aliphatic hydroxyl groups is 1. The van der Waals surface area contributed by atoms with Gasteiger partial charge in [0.15, 0.2) is 5.82 Å². The van der Waals surface area contributed by atoms with Gasteiger partial charge < -0.3 is 30.3 Å². The first kappa shape index (κ1) is 25.3. The normalized spacial score (nSPS) is 20.0. The second kappa shape index (κ2) is 11.4. The Hall–Kier alpha value is -3.34. The monoisotopic (exact) mass is 505 g/mol. The number of ether oxygens (including phenoxy) is 1. The number of morpholine rings is 1. The Kier molecular flexibility index (Phi) is 7.78. The lowest BCUT2D eigenvalue weighted by Gasteiger charge is -2.37. The molecule has 2 saturated heterocycles. The van der Waals surface area contributed by atoms with Crippen LogP contribution in [-0.4, -0.2) is 95.5 Å². The number of carbonyl (C=O) groups is 1. The van der Waals surface area contributed by atoms with Crippen molar-refractivity contribution in [3.05, 3.63) is 42.7 Å². The molecule has 2 fully saturated rings. The van der Waals surface area contributed by atoms with Crippen LogP contribution >= 0.6 is 0 Å². The van der Waals surface area contributed by atoms with Gasteiger partial charge in [0, 0.05) is 69.5 Å². The number of aliphatic hydroxyl groups excluding tert-OH is 1. The molecule has 1 aromatic carbocycles. The summed E-state index contributed by atoms with van der Waals surface area (Å²) in [4.78, 5) is 30.6. The van der Waals surface area contributed by atoms with Crippen LogP contribution in [-0.2, 0) is 9.53 Å². The van der Waals surface area contributed by atoms with Gasteiger partial charge in [0.05, 0.1) is 35.9 Å². The van der Waals surface area contributed by atoms with E-state index in [-0.39, 0.29) is 17.9 Å². The quantitative estimate of drug-likeness (QED) is 0.442. The van der Waals surface area contributed by atoms with Crippen LogP contribution in [0.25, 0.3) is 22.3 Å². The summed E-state index contributed by atoms with van der Waals surface area (Å²) in [6, 6.07) is 10.3. The molecule has 0 aliphatic carbocycles. The number of pyridine rings is 1. The largest absolute Gasteiger partial charge is 0.393 e. The molecule has 3 aromatic rings. The van der Waals surface area contributed by atoms with E-state index < -0.39 is 6.10 Å². The molecule has 1 amide bonds. The van der Waals surface area contributed by atoms with Crippen molar-refractivity contribution in [2.45, 2.75) is 26.1 Å². The lowest BCUT2D eigenvalue weighted by Crippen LogP contribution is -2.51. The smallest absolute Gasteiger partial charge is 0.228 e. The first-order valence-corrected chi connectivity index (χ1v) is 13.0. The van der Waals surface area contributed by atoms with E-state index in [1.165, 1.54) is 0 Å². The van der Waals surface area contributed by atoms with E-state index in [2.05, 4.69) is 49.8 Å². The van der Waals surface area contributed by atoms with E-state index in [4.69, 9.17) is 9.72 Å². The molecule has 2 aliphatic rings. The molecule has 3 atom stereocenters. The molecule has 10 heteroatoms. The topological polar surface area (TPSA) is 116 Å². The molecule has 3 N–H and O–H groups in total. The minimum Gasteiger partial charge on any atom is -0.393 e. The summed E-state index contributed by atoms with van der Waals surface area (Å²) in [6.45, 7) is 9.30. The number of hydrogen-bond acceptors (Lipinski definition) is 9. The average Bonchev–Trinajstić information content (AvgIpc) is 2.95. The summed E-state index contributed by atoms with van der Waals surface area (Å²) in [5, 5.41) is 16.5. The van der Waals surface area contributed by atoms with Gasteiger partial charge in [-0.25, -0.2) is 9.97 Å². The third kappa shape index (κ3) is 5.82. The van der Waals surface area contributed by atoms with E-state index in [1.807, 2.05) is 11.0 Å². The van der Waals surface area contributed by atoms with Crippen molar-refractivity contribution in [3.63, 3.8) is 0 Å². The number of rotatable bonds is 7. The summed E-state index contributed by atoms with van der Waals surface area (Å²) < 4.78 is 5.81. The lowest BCUT2D eigenvalue weighted by atomic mass is 10.0. The van der Waals surface area contributed by atoms with Crippen LogP contribution in [0.1, 0.15) is 13.8 Å². The number of piperazine rings is 1. The zero-order chi connectivity index (χ0) is 25.8. The highest BCUT2D eigenvalue weighted by molar-refractivity contribution is 5.88. The van der Waals surface area contributed by atoms with Crippen molar-refractivity contribution in [2.24, 2.45) is 5.92 Å². The van der Waals surface area contributed by atoms with Crippen LogP contribution < -0.4 is 15.5 Å². The van der Waals surface area contributed by atoms with E-state index in [1.54, 1.807) is 26.2 Å². The van der Waals surface area contributed by atoms with Gasteiger partial charge in [0.1, 0.15) is 5.52 Å². The van der Waals surface area contributed by atoms with Crippen LogP contribution in [0.2, 0.25) is 0 Å². The number of carbonyl (C=O) groups excluding carboxylic acids is 1. The van der Waals surface area contributed by atoms with E-state index >= 15 is 0 Å². The van der Waals surface area contributed by atoms with Crippen molar-refractivity contribution >= 4 is 28.4 Å². The van der Waals surface area contributed by atoms with Gasteiger partial charge in [0.25, 0.3) is 0 Å². The Bertz CT molecular complexity index is 1210. The summed E-state index contributed by atoms with van der Waals surface area (Å²) in [5.74, 6) is 0.341. The molecule has 10 nitrogen and oxygen atoms in total. The molecule has 1 unspecified atom stereocenters. The van der Waals surface area contributed by atoms with Crippen molar-refractivity contribution in [1.29, 1.82) is 0 Å². The third-order valence-electron chi connectivity index (χ3n) is 7.19. The van der Waals surface area contributed by atoms with E-state index in [0.29, 0.717) is 32.1 Å². The van der Waals surface area contributed by atoms with Crippen molar-refractivity contribution in [3.8, 4) is 11.3 Å². The Morgan fingerprint density at radius 3 is 2.62 bits per heavy atom. The Labute approximate surface area is 217 Å². The molecule has 0 saturated carbocycles. The zero-order valence-electron chi connectivity index (χ0n) is 21.4. The molecular weight excluding hydrogens is 470 g/mol. The first-order chi connectivity index (χ1) is 18.0. The second-order valence-corrected chi connectivity index (χ2v) is 9.75. The fraction of sp³-hybridized carbons (Fsp3) is 0.481. The van der Waals surface area contributed by atoms with Crippen LogP contribution in [0.5, 0.6) is 0 Å². The number of amides is 1. The molecule has 5 rings (SSSR count). The van der Waals surface area contributed by atoms with Gasteiger partial charge >= 0.3 is 0 Å². The summed E-state index contributed by atoms with van der Waals surface area (Å²) in [5.41, 5.74) is 4.46. The predicted molar refractivity (Wildman–Crippen MR) is 144 cm³/mol. The van der Waals surface area contributed by atoms with Crippen LogP contribution in [0, 0.1) is 5.92 Å². The number of aromatic nitrogens is 3. The Morgan fingerprint density at radius 2 is 1.92 bits per heavy atom. The lowest BCUT2D eigenvalue weighted by molar-refractivity contribution is -0.138. The average molecular weight is 506 g/mol. The Morgan fingerprint density at radius 1 is 1.16 bits per heavy atom. The molecular formula is C27H35N7O3. The van der Waals surface area contributed by atoms with Crippen molar-refractivity contribution < 1.29 is 14.6 Å². The van der Waals surface area contributed by atoms with Crippen LogP contribution in [0.15, 0.2) is 42.7 Å². The summed E-state index contributed by atoms with van der Waals surface area (Å²) in [7, 11) is 0. The molecule has 0 bridgehead atoms. The summed E-state index contributed by atoms with van der Waals surface area (Å²) >= 11 is 0. The molecule has 37 heavy (non-hydrogen) atoms. The van der Waals surface area contributed by atoms with Gasteiger partial charge in [-0.1, -0.05) is 19.1 Å². The standard InChI is InChI=1S/C27H35N7O3/c1-18(19(2)35)27(36)34-12-10-33(11-13-34)21-5-3-20(4-6-21)23-15-24-25(30-8-7-29-24)26(32-23)31-17-22-16-28-9-14-37-22/h3-8,15,18-19,22,28,35H,9-14,16-17H2,1-2H3,(H,31,32)/t18-,19?,22+/m1/s1. The molecule has 2 aromatic heterocycles. The molecule has 0 spiro atoms. The van der Waals surface area contributed by atoms with E-state index in [9.17, 15) is 9.90 Å². The van der Waals surface area contributed by atoms with E-state index in [0.717, 1.165) is 54.2 Å². The minimum absolute atomic E-state index is 0.0196. The summed E-state index contributed by atoms with van der Waals surface area (Å²) in [6.07, 6.45) is 2.82. The number of hydrogen-bond donors (Lipinski definition) is 3. The van der Waals surface area contributed by atoms with Crippen LogP contribution in [0.3, 0.4) is 0 Å². The molecule has 0 radical (unpaired) electrons. The fourth-order valence-corrected chi connectivity index (χ4v) is 4.73. The highest BCUT2D eigenvalue weighted by Crippen LogP contribution is 2.28. The van der Waals surface area contributed by atoms with Crippen molar-refractivity contribution in [2.75, 3.05) is 62.6 Å². The molecule has 4 heterocycles. The number of benzene rings is 1. The Balaban J connectivity index is 1.28.